The van der Waals surface area contributed by atoms with Crippen molar-refractivity contribution in [1.29, 1.82) is 0 Å². The average Bonchev–Trinajstić information content (AvgIpc) is 2.59. The number of nitrogens with zero attached hydrogens (tertiary/aromatic N) is 2. The molecule has 1 unspecified atom stereocenters. The molecule has 0 aromatic carbocycles. The average molecular weight is 302 g/mol. The Bertz CT molecular complexity index is 563. The van der Waals surface area contributed by atoms with E-state index in [0.29, 0.717) is 37.2 Å². The van der Waals surface area contributed by atoms with Crippen molar-refractivity contribution >= 4 is 5.97 Å². The Morgan fingerprint density at radius 3 is 2.50 bits per heavy atom. The normalized spacial score (nSPS) is 11.9. The van der Waals surface area contributed by atoms with E-state index < -0.39 is 6.29 Å². The lowest BCUT2D eigenvalue weighted by Gasteiger charge is -2.11. The molecule has 2 rings (SSSR count). The smallest absolute Gasteiger partial charge is 0.339 e. The molecule has 0 aliphatic carbocycles. The summed E-state index contributed by atoms with van der Waals surface area (Å²) in [4.78, 5) is 19.4. The number of rotatable bonds is 8. The lowest BCUT2D eigenvalue weighted by Crippen LogP contribution is -2.08. The molecule has 0 aliphatic heterocycles. The van der Waals surface area contributed by atoms with Crippen LogP contribution in [0.25, 0.3) is 0 Å². The number of ether oxygens (including phenoxy) is 2. The van der Waals surface area contributed by atoms with Crippen LogP contribution in [-0.4, -0.2) is 34.3 Å². The first-order valence-electron chi connectivity index (χ1n) is 7.04. The molecule has 0 aliphatic rings. The Balaban J connectivity index is 1.57. The van der Waals surface area contributed by atoms with Crippen molar-refractivity contribution in [2.75, 3.05) is 13.2 Å². The number of hydrogen-bond donors (Lipinski definition) is 1. The molecule has 0 spiro atoms. The lowest BCUT2D eigenvalue weighted by molar-refractivity contribution is -0.104. The molecule has 2 aromatic rings. The predicted molar refractivity (Wildman–Crippen MR) is 78.9 cm³/mol. The summed E-state index contributed by atoms with van der Waals surface area (Å²) >= 11 is 0. The quantitative estimate of drug-likeness (QED) is 0.457. The fourth-order valence-electron chi connectivity index (χ4n) is 1.75. The summed E-state index contributed by atoms with van der Waals surface area (Å²) in [5.74, 6) is -0.385. The Morgan fingerprint density at radius 2 is 1.82 bits per heavy atom. The third kappa shape index (κ3) is 5.23. The summed E-state index contributed by atoms with van der Waals surface area (Å²) in [5.41, 5.74) is 1.05. The summed E-state index contributed by atoms with van der Waals surface area (Å²) in [6, 6.07) is 6.82. The fourth-order valence-corrected chi connectivity index (χ4v) is 1.75. The van der Waals surface area contributed by atoms with Gasteiger partial charge in [-0.05, 0) is 31.0 Å². The number of carbonyl (C=O) groups is 1. The fraction of sp³-hybridized carbons (Fsp3) is 0.312. The van der Waals surface area contributed by atoms with Crippen LogP contribution in [-0.2, 0) is 9.47 Å². The standard InChI is InChI=1S/C16H18N2O4/c19-15(13-5-3-7-17-11-13)21-9-1-2-10-22-16(20)14-6-4-8-18-12-14/h3-8,11-12,15,19H,1-2,9-10H2. The Kier molecular flexibility index (Phi) is 6.47. The van der Waals surface area contributed by atoms with E-state index in [9.17, 15) is 9.90 Å². The van der Waals surface area contributed by atoms with E-state index in [0.717, 1.165) is 0 Å². The predicted octanol–water partition coefficient (Wildman–Crippen LogP) is 2.12. The van der Waals surface area contributed by atoms with Gasteiger partial charge in [0, 0.05) is 30.4 Å². The molecule has 2 heterocycles. The highest BCUT2D eigenvalue weighted by Crippen LogP contribution is 2.12. The third-order valence-electron chi connectivity index (χ3n) is 2.91. The largest absolute Gasteiger partial charge is 0.462 e. The maximum Gasteiger partial charge on any atom is 0.339 e. The molecule has 1 atom stereocenters. The number of pyridine rings is 2. The van der Waals surface area contributed by atoms with Gasteiger partial charge in [0.15, 0.2) is 6.29 Å². The van der Waals surface area contributed by atoms with Crippen LogP contribution >= 0.6 is 0 Å². The first-order chi connectivity index (χ1) is 10.8. The summed E-state index contributed by atoms with van der Waals surface area (Å²) in [6.45, 7) is 0.681. The van der Waals surface area contributed by atoms with Crippen LogP contribution in [0.4, 0.5) is 0 Å². The van der Waals surface area contributed by atoms with Crippen molar-refractivity contribution in [3.05, 3.63) is 60.2 Å². The minimum atomic E-state index is -0.980. The number of aliphatic hydroxyl groups excluding tert-OH is 1. The summed E-state index contributed by atoms with van der Waals surface area (Å²) < 4.78 is 10.4. The van der Waals surface area contributed by atoms with Crippen molar-refractivity contribution < 1.29 is 19.4 Å². The second kappa shape index (κ2) is 8.86. The van der Waals surface area contributed by atoms with Gasteiger partial charge in [0.25, 0.3) is 0 Å². The molecular formula is C16H18N2O4. The molecule has 0 fully saturated rings. The van der Waals surface area contributed by atoms with Gasteiger partial charge >= 0.3 is 5.97 Å². The lowest BCUT2D eigenvalue weighted by atomic mass is 10.3. The second-order valence-electron chi connectivity index (χ2n) is 4.59. The summed E-state index contributed by atoms with van der Waals surface area (Å²) in [6.07, 6.45) is 6.61. The van der Waals surface area contributed by atoms with Crippen LogP contribution in [0.15, 0.2) is 49.1 Å². The number of carbonyl (C=O) groups excluding carboxylic acids is 1. The third-order valence-corrected chi connectivity index (χ3v) is 2.91. The molecule has 0 radical (unpaired) electrons. The maximum atomic E-state index is 11.6. The highest BCUT2D eigenvalue weighted by molar-refractivity contribution is 5.88. The van der Waals surface area contributed by atoms with E-state index in [4.69, 9.17) is 9.47 Å². The van der Waals surface area contributed by atoms with E-state index in [1.165, 1.54) is 6.20 Å². The van der Waals surface area contributed by atoms with Gasteiger partial charge in [-0.15, -0.1) is 0 Å². The number of aromatic nitrogens is 2. The molecule has 22 heavy (non-hydrogen) atoms. The highest BCUT2D eigenvalue weighted by atomic mass is 16.6. The zero-order chi connectivity index (χ0) is 15.6. The van der Waals surface area contributed by atoms with Crippen LogP contribution in [0, 0.1) is 0 Å². The van der Waals surface area contributed by atoms with Crippen molar-refractivity contribution in [2.24, 2.45) is 0 Å². The van der Waals surface area contributed by atoms with Crippen molar-refractivity contribution in [3.63, 3.8) is 0 Å². The van der Waals surface area contributed by atoms with Gasteiger partial charge in [-0.25, -0.2) is 4.79 Å². The maximum absolute atomic E-state index is 11.6. The van der Waals surface area contributed by atoms with E-state index >= 15 is 0 Å². The molecule has 6 heteroatoms. The van der Waals surface area contributed by atoms with Gasteiger partial charge < -0.3 is 14.6 Å². The van der Waals surface area contributed by atoms with E-state index in [1.54, 1.807) is 42.9 Å². The zero-order valence-corrected chi connectivity index (χ0v) is 12.1. The monoisotopic (exact) mass is 302 g/mol. The van der Waals surface area contributed by atoms with Crippen molar-refractivity contribution in [1.82, 2.24) is 9.97 Å². The Morgan fingerprint density at radius 1 is 1.09 bits per heavy atom. The van der Waals surface area contributed by atoms with Crippen molar-refractivity contribution in [3.8, 4) is 0 Å². The SMILES string of the molecule is O=C(OCCCCOC(O)c1cccnc1)c1cccnc1. The zero-order valence-electron chi connectivity index (χ0n) is 12.1. The number of aliphatic hydroxyl groups is 1. The van der Waals surface area contributed by atoms with Gasteiger partial charge in [-0.3, -0.25) is 9.97 Å². The first kappa shape index (κ1) is 16.1. The molecule has 0 saturated heterocycles. The molecule has 1 N–H and O–H groups in total. The van der Waals surface area contributed by atoms with Gasteiger partial charge in [0.1, 0.15) is 0 Å². The van der Waals surface area contributed by atoms with Crippen LogP contribution in [0.2, 0.25) is 0 Å². The number of esters is 1. The van der Waals surface area contributed by atoms with Crippen molar-refractivity contribution in [2.45, 2.75) is 19.1 Å². The molecule has 0 saturated carbocycles. The minimum absolute atomic E-state index is 0.306. The Hall–Kier alpha value is -2.31. The van der Waals surface area contributed by atoms with Crippen LogP contribution in [0.5, 0.6) is 0 Å². The number of unbranched alkanes of at least 4 members (excludes halogenated alkanes) is 1. The van der Waals surface area contributed by atoms with Crippen LogP contribution in [0.3, 0.4) is 0 Å². The van der Waals surface area contributed by atoms with Gasteiger partial charge in [-0.1, -0.05) is 6.07 Å². The summed E-state index contributed by atoms with van der Waals surface area (Å²) in [5, 5.41) is 9.76. The highest BCUT2D eigenvalue weighted by Gasteiger charge is 2.08. The molecular weight excluding hydrogens is 284 g/mol. The number of hydrogen-bond acceptors (Lipinski definition) is 6. The van der Waals surface area contributed by atoms with Gasteiger partial charge in [-0.2, -0.15) is 0 Å². The topological polar surface area (TPSA) is 81.5 Å². The van der Waals surface area contributed by atoms with E-state index in [2.05, 4.69) is 9.97 Å². The van der Waals surface area contributed by atoms with E-state index in [-0.39, 0.29) is 5.97 Å². The minimum Gasteiger partial charge on any atom is -0.462 e. The Labute approximate surface area is 128 Å². The molecule has 0 bridgehead atoms. The van der Waals surface area contributed by atoms with Crippen LogP contribution < -0.4 is 0 Å². The molecule has 2 aromatic heterocycles. The van der Waals surface area contributed by atoms with Gasteiger partial charge in [0.05, 0.1) is 18.8 Å². The van der Waals surface area contributed by atoms with Crippen LogP contribution in [0.1, 0.15) is 35.1 Å². The summed E-state index contributed by atoms with van der Waals surface area (Å²) in [7, 11) is 0. The molecule has 116 valence electrons. The molecule has 0 amide bonds. The first-order valence-corrected chi connectivity index (χ1v) is 7.04. The van der Waals surface area contributed by atoms with Gasteiger partial charge in [0.2, 0.25) is 0 Å². The van der Waals surface area contributed by atoms with E-state index in [1.807, 2.05) is 0 Å². The second-order valence-corrected chi connectivity index (χ2v) is 4.59. The molecule has 6 nitrogen and oxygen atoms in total.